The lowest BCUT2D eigenvalue weighted by atomic mass is 10.5. The molecule has 1 aromatic rings. The van der Waals surface area contributed by atoms with Gasteiger partial charge >= 0.3 is 0 Å². The van der Waals surface area contributed by atoms with E-state index >= 15 is 0 Å². The molecular weight excluding hydrogens is 202 g/mol. The van der Waals surface area contributed by atoms with E-state index in [9.17, 15) is 13.2 Å². The summed E-state index contributed by atoms with van der Waals surface area (Å²) < 4.78 is 22.7. The summed E-state index contributed by atoms with van der Waals surface area (Å²) >= 11 is 0. The number of aryl methyl sites for hydroxylation is 1. The molecule has 0 aromatic carbocycles. The Labute approximate surface area is 73.8 Å². The first-order valence-corrected chi connectivity index (χ1v) is 5.34. The van der Waals surface area contributed by atoms with Crippen LogP contribution < -0.4 is 5.56 Å². The molecule has 0 unspecified atom stereocenters. The molecule has 4 nitrogen and oxygen atoms in total. The van der Waals surface area contributed by atoms with Crippen LogP contribution in [0.2, 0.25) is 0 Å². The van der Waals surface area contributed by atoms with Crippen molar-refractivity contribution in [2.45, 2.75) is 4.90 Å². The van der Waals surface area contributed by atoms with Crippen molar-refractivity contribution >= 4 is 19.7 Å². The summed E-state index contributed by atoms with van der Waals surface area (Å²) in [5.74, 6) is 0. The largest absolute Gasteiger partial charge is 0.317 e. The standard InChI is InChI=1S/C6H6ClNO3S/c1-8-4-2-3-5(6(8)9)12(7,10)11/h2-4H,1H3. The molecule has 0 atom stereocenters. The van der Waals surface area contributed by atoms with Crippen LogP contribution in [0.3, 0.4) is 0 Å². The van der Waals surface area contributed by atoms with Crippen molar-refractivity contribution in [1.29, 1.82) is 0 Å². The Morgan fingerprint density at radius 2 is 2.08 bits per heavy atom. The van der Waals surface area contributed by atoms with Crippen LogP contribution in [0.4, 0.5) is 0 Å². The smallest absolute Gasteiger partial charge is 0.270 e. The summed E-state index contributed by atoms with van der Waals surface area (Å²) in [5.41, 5.74) is -0.618. The van der Waals surface area contributed by atoms with Crippen molar-refractivity contribution in [3.05, 3.63) is 28.7 Å². The normalized spacial score (nSPS) is 11.5. The Balaban J connectivity index is 3.59. The van der Waals surface area contributed by atoms with E-state index in [4.69, 9.17) is 10.7 Å². The maximum absolute atomic E-state index is 11.1. The van der Waals surface area contributed by atoms with Gasteiger partial charge in [0.1, 0.15) is 4.90 Å². The number of rotatable bonds is 1. The van der Waals surface area contributed by atoms with E-state index in [1.165, 1.54) is 25.4 Å². The van der Waals surface area contributed by atoms with Crippen molar-refractivity contribution < 1.29 is 8.42 Å². The minimum absolute atomic E-state index is 0.394. The zero-order valence-corrected chi connectivity index (χ0v) is 7.76. The van der Waals surface area contributed by atoms with E-state index in [0.717, 1.165) is 4.57 Å². The molecule has 12 heavy (non-hydrogen) atoms. The third kappa shape index (κ3) is 1.67. The maximum Gasteiger partial charge on any atom is 0.270 e. The third-order valence-electron chi connectivity index (χ3n) is 1.35. The zero-order chi connectivity index (χ0) is 9.35. The van der Waals surface area contributed by atoms with E-state index < -0.39 is 19.5 Å². The number of pyridine rings is 1. The van der Waals surface area contributed by atoms with Crippen LogP contribution in [0.1, 0.15) is 0 Å². The molecular formula is C6H6ClNO3S. The monoisotopic (exact) mass is 207 g/mol. The Kier molecular flexibility index (Phi) is 2.25. The fourth-order valence-corrected chi connectivity index (χ4v) is 1.70. The van der Waals surface area contributed by atoms with Crippen molar-refractivity contribution in [2.75, 3.05) is 0 Å². The van der Waals surface area contributed by atoms with Crippen molar-refractivity contribution in [3.63, 3.8) is 0 Å². The van der Waals surface area contributed by atoms with Crippen LogP contribution >= 0.6 is 10.7 Å². The van der Waals surface area contributed by atoms with Gasteiger partial charge in [-0.15, -0.1) is 0 Å². The predicted octanol–water partition coefficient (Wildman–Crippen LogP) is 0.313. The first-order chi connectivity index (χ1) is 5.43. The average Bonchev–Trinajstić information content (AvgIpc) is 1.92. The summed E-state index contributed by atoms with van der Waals surface area (Å²) in [6.07, 6.45) is 1.45. The number of nitrogens with zero attached hydrogens (tertiary/aromatic N) is 1. The second kappa shape index (κ2) is 2.91. The minimum Gasteiger partial charge on any atom is -0.317 e. The number of hydrogen-bond donors (Lipinski definition) is 0. The Morgan fingerprint density at radius 1 is 1.50 bits per heavy atom. The topological polar surface area (TPSA) is 56.1 Å². The Bertz CT molecular complexity index is 448. The molecule has 0 N–H and O–H groups in total. The van der Waals surface area contributed by atoms with E-state index in [0.29, 0.717) is 0 Å². The molecule has 1 rings (SSSR count). The molecule has 66 valence electrons. The molecule has 0 saturated heterocycles. The number of hydrogen-bond acceptors (Lipinski definition) is 3. The van der Waals surface area contributed by atoms with Gasteiger partial charge < -0.3 is 4.57 Å². The lowest BCUT2D eigenvalue weighted by Gasteiger charge is -1.97. The highest BCUT2D eigenvalue weighted by molar-refractivity contribution is 8.13. The van der Waals surface area contributed by atoms with Crippen LogP contribution in [0.25, 0.3) is 0 Å². The SMILES string of the molecule is Cn1cccc(S(=O)(=O)Cl)c1=O. The third-order valence-corrected chi connectivity index (χ3v) is 2.69. The quantitative estimate of drug-likeness (QED) is 0.623. The second-order valence-corrected chi connectivity index (χ2v) is 4.76. The fraction of sp³-hybridized carbons (Fsp3) is 0.167. The summed E-state index contributed by atoms with van der Waals surface area (Å²) in [6, 6.07) is 2.61. The van der Waals surface area contributed by atoms with E-state index in [2.05, 4.69) is 0 Å². The van der Waals surface area contributed by atoms with E-state index in [1.54, 1.807) is 0 Å². The fourth-order valence-electron chi connectivity index (χ4n) is 0.758. The van der Waals surface area contributed by atoms with Gasteiger partial charge in [-0.25, -0.2) is 8.42 Å². The van der Waals surface area contributed by atoms with Crippen LogP contribution in [0.15, 0.2) is 28.0 Å². The lowest BCUT2D eigenvalue weighted by Crippen LogP contribution is -2.20. The molecule has 0 spiro atoms. The molecule has 0 aliphatic carbocycles. The molecule has 1 heterocycles. The van der Waals surface area contributed by atoms with Gasteiger partial charge in [0.2, 0.25) is 0 Å². The summed E-state index contributed by atoms with van der Waals surface area (Å²) in [5, 5.41) is 0. The minimum atomic E-state index is -3.92. The van der Waals surface area contributed by atoms with Gasteiger partial charge in [-0.1, -0.05) is 0 Å². The molecule has 6 heteroatoms. The molecule has 0 aliphatic heterocycles. The van der Waals surface area contributed by atoms with Crippen LogP contribution in [0, 0.1) is 0 Å². The van der Waals surface area contributed by atoms with Gasteiger partial charge in [0.05, 0.1) is 0 Å². The highest BCUT2D eigenvalue weighted by Gasteiger charge is 2.14. The predicted molar refractivity (Wildman–Crippen MR) is 44.7 cm³/mol. The van der Waals surface area contributed by atoms with E-state index in [1.807, 2.05) is 0 Å². The molecule has 0 aliphatic rings. The number of aromatic nitrogens is 1. The van der Waals surface area contributed by atoms with Crippen LogP contribution in [-0.4, -0.2) is 13.0 Å². The summed E-state index contributed by atoms with van der Waals surface area (Å²) in [7, 11) is 2.53. The first kappa shape index (κ1) is 9.28. The zero-order valence-electron chi connectivity index (χ0n) is 6.19. The van der Waals surface area contributed by atoms with Crippen LogP contribution in [-0.2, 0) is 16.1 Å². The summed E-state index contributed by atoms with van der Waals surface area (Å²) in [4.78, 5) is 10.7. The number of halogens is 1. The van der Waals surface area contributed by atoms with Crippen LogP contribution in [0.5, 0.6) is 0 Å². The molecule has 0 amide bonds. The highest BCUT2D eigenvalue weighted by atomic mass is 35.7. The van der Waals surface area contributed by atoms with Gasteiger partial charge in [0.15, 0.2) is 0 Å². The average molecular weight is 208 g/mol. The van der Waals surface area contributed by atoms with Gasteiger partial charge in [-0.3, -0.25) is 4.79 Å². The van der Waals surface area contributed by atoms with Crippen molar-refractivity contribution in [2.24, 2.45) is 7.05 Å². The molecule has 0 bridgehead atoms. The van der Waals surface area contributed by atoms with Crippen molar-refractivity contribution in [3.8, 4) is 0 Å². The molecule has 0 radical (unpaired) electrons. The lowest BCUT2D eigenvalue weighted by molar-refractivity contribution is 0.606. The van der Waals surface area contributed by atoms with Crippen molar-refractivity contribution in [1.82, 2.24) is 4.57 Å². The molecule has 0 saturated carbocycles. The Morgan fingerprint density at radius 3 is 2.50 bits per heavy atom. The molecule has 1 aromatic heterocycles. The van der Waals surface area contributed by atoms with Gasteiger partial charge in [0.25, 0.3) is 14.6 Å². The van der Waals surface area contributed by atoms with E-state index in [-0.39, 0.29) is 0 Å². The first-order valence-electron chi connectivity index (χ1n) is 3.03. The van der Waals surface area contributed by atoms with Gasteiger partial charge in [0, 0.05) is 23.9 Å². The second-order valence-electron chi connectivity index (χ2n) is 2.23. The van der Waals surface area contributed by atoms with Gasteiger partial charge in [-0.05, 0) is 12.1 Å². The summed E-state index contributed by atoms with van der Waals surface area (Å²) in [6.45, 7) is 0. The van der Waals surface area contributed by atoms with Gasteiger partial charge in [-0.2, -0.15) is 0 Å². The highest BCUT2D eigenvalue weighted by Crippen LogP contribution is 2.07. The molecule has 0 fully saturated rings. The Hall–Kier alpha value is -0.810. The maximum atomic E-state index is 11.1.